The van der Waals surface area contributed by atoms with Crippen molar-refractivity contribution in [3.8, 4) is 22.8 Å². The fourth-order valence-corrected chi connectivity index (χ4v) is 4.74. The second-order valence-electron chi connectivity index (χ2n) is 9.73. The van der Waals surface area contributed by atoms with E-state index in [1.165, 1.54) is 49.5 Å². The number of hydrogen-bond acceptors (Lipinski definition) is 1. The van der Waals surface area contributed by atoms with Crippen molar-refractivity contribution in [1.82, 2.24) is 0 Å². The monoisotopic (exact) mass is 382 g/mol. The van der Waals surface area contributed by atoms with Crippen molar-refractivity contribution in [3.05, 3.63) is 65.4 Å². The van der Waals surface area contributed by atoms with Crippen molar-refractivity contribution in [3.63, 3.8) is 0 Å². The molecule has 5 rings (SSSR count). The number of aryl methyl sites for hydroxylation is 2. The lowest BCUT2D eigenvalue weighted by Gasteiger charge is -2.23. The highest BCUT2D eigenvalue weighted by Gasteiger charge is 2.31. The maximum Gasteiger partial charge on any atom is 0.257 e. The number of pyridine rings is 1. The van der Waals surface area contributed by atoms with Gasteiger partial charge in [-0.25, -0.2) is 0 Å². The van der Waals surface area contributed by atoms with E-state index in [2.05, 4.69) is 94.9 Å². The standard InChI is InChI=1S/C27H28NO/c1-16-12-19-8-7-9-22-24(19)23(17(16)2)25-26(29-22)21-13-18(14-27(3,4)5)10-11-20(21)15-28(25)6/h7-13,15H,14H2,1-6H3/q+1. The molecule has 0 saturated carbocycles. The first-order valence-electron chi connectivity index (χ1n) is 10.4. The van der Waals surface area contributed by atoms with E-state index in [0.29, 0.717) is 0 Å². The minimum absolute atomic E-state index is 0.250. The van der Waals surface area contributed by atoms with Crippen LogP contribution in [0.4, 0.5) is 0 Å². The van der Waals surface area contributed by atoms with E-state index >= 15 is 0 Å². The molecule has 0 atom stereocenters. The molecule has 0 radical (unpaired) electrons. The largest absolute Gasteiger partial charge is 0.449 e. The van der Waals surface area contributed by atoms with Crippen LogP contribution in [0.25, 0.3) is 32.8 Å². The smallest absolute Gasteiger partial charge is 0.257 e. The van der Waals surface area contributed by atoms with Crippen LogP contribution in [-0.4, -0.2) is 0 Å². The summed E-state index contributed by atoms with van der Waals surface area (Å²) in [5.74, 6) is 1.94. The first-order valence-corrected chi connectivity index (χ1v) is 10.4. The third-order valence-corrected chi connectivity index (χ3v) is 6.09. The maximum absolute atomic E-state index is 6.60. The normalized spacial score (nSPS) is 12.9. The van der Waals surface area contributed by atoms with Crippen LogP contribution >= 0.6 is 0 Å². The van der Waals surface area contributed by atoms with Gasteiger partial charge in [0.2, 0.25) is 5.75 Å². The Bertz CT molecular complexity index is 1310. The molecule has 2 heteroatoms. The zero-order valence-electron chi connectivity index (χ0n) is 18.2. The van der Waals surface area contributed by atoms with Crippen molar-refractivity contribution in [2.75, 3.05) is 0 Å². The number of rotatable bonds is 1. The van der Waals surface area contributed by atoms with Gasteiger partial charge in [0.05, 0.1) is 5.56 Å². The van der Waals surface area contributed by atoms with Gasteiger partial charge in [0.15, 0.2) is 6.20 Å². The van der Waals surface area contributed by atoms with Gasteiger partial charge in [0.1, 0.15) is 12.8 Å². The number of nitrogens with zero attached hydrogens (tertiary/aromatic N) is 1. The summed E-state index contributed by atoms with van der Waals surface area (Å²) in [4.78, 5) is 0. The minimum atomic E-state index is 0.250. The van der Waals surface area contributed by atoms with Crippen molar-refractivity contribution in [2.24, 2.45) is 12.5 Å². The molecule has 0 bridgehead atoms. The summed E-state index contributed by atoms with van der Waals surface area (Å²) in [7, 11) is 2.13. The molecule has 0 unspecified atom stereocenters. The van der Waals surface area contributed by atoms with Crippen LogP contribution in [0, 0.1) is 19.3 Å². The van der Waals surface area contributed by atoms with E-state index in [1.807, 2.05) is 0 Å². The third-order valence-electron chi connectivity index (χ3n) is 6.09. The Labute approximate surface area is 172 Å². The summed E-state index contributed by atoms with van der Waals surface area (Å²) in [6.07, 6.45) is 3.28. The van der Waals surface area contributed by atoms with E-state index in [4.69, 9.17) is 4.74 Å². The van der Waals surface area contributed by atoms with E-state index in [9.17, 15) is 0 Å². The van der Waals surface area contributed by atoms with Gasteiger partial charge in [0.25, 0.3) is 5.69 Å². The molecule has 0 saturated heterocycles. The quantitative estimate of drug-likeness (QED) is 0.291. The molecule has 29 heavy (non-hydrogen) atoms. The number of fused-ring (bicyclic) bond motifs is 4. The van der Waals surface area contributed by atoms with Gasteiger partial charge in [-0.3, -0.25) is 0 Å². The van der Waals surface area contributed by atoms with Gasteiger partial charge in [-0.05, 0) is 66.0 Å². The van der Waals surface area contributed by atoms with Crippen LogP contribution in [0.3, 0.4) is 0 Å². The van der Waals surface area contributed by atoms with E-state index in [-0.39, 0.29) is 5.41 Å². The first-order chi connectivity index (χ1) is 13.7. The number of aromatic nitrogens is 1. The lowest BCUT2D eigenvalue weighted by molar-refractivity contribution is -0.659. The van der Waals surface area contributed by atoms with Crippen LogP contribution < -0.4 is 9.30 Å². The summed E-state index contributed by atoms with van der Waals surface area (Å²) < 4.78 is 8.84. The van der Waals surface area contributed by atoms with Gasteiger partial charge < -0.3 is 4.74 Å². The molecule has 146 valence electrons. The molecular weight excluding hydrogens is 354 g/mol. The Hall–Kier alpha value is -2.87. The highest BCUT2D eigenvalue weighted by atomic mass is 16.5. The summed E-state index contributed by atoms with van der Waals surface area (Å²) in [6, 6.07) is 15.5. The van der Waals surface area contributed by atoms with E-state index in [0.717, 1.165) is 17.9 Å². The fourth-order valence-electron chi connectivity index (χ4n) is 4.74. The number of hydrogen-bond donors (Lipinski definition) is 0. The first kappa shape index (κ1) is 18.2. The molecule has 0 amide bonds. The molecule has 1 aromatic heterocycles. The lowest BCUT2D eigenvalue weighted by Crippen LogP contribution is -2.32. The van der Waals surface area contributed by atoms with Crippen molar-refractivity contribution in [1.29, 1.82) is 0 Å². The summed E-state index contributed by atoms with van der Waals surface area (Å²) in [6.45, 7) is 11.3. The van der Waals surface area contributed by atoms with Gasteiger partial charge in [-0.2, -0.15) is 4.57 Å². The number of benzene rings is 3. The lowest BCUT2D eigenvalue weighted by atomic mass is 9.86. The molecular formula is C27H28NO+. The van der Waals surface area contributed by atoms with Crippen LogP contribution in [0.1, 0.15) is 37.5 Å². The molecule has 3 aromatic carbocycles. The average molecular weight is 383 g/mol. The Morgan fingerprint density at radius 3 is 2.52 bits per heavy atom. The summed E-state index contributed by atoms with van der Waals surface area (Å²) in [5.41, 5.74) is 6.74. The second kappa shape index (κ2) is 6.06. The van der Waals surface area contributed by atoms with Crippen molar-refractivity contribution >= 4 is 21.5 Å². The predicted molar refractivity (Wildman–Crippen MR) is 121 cm³/mol. The zero-order chi connectivity index (χ0) is 20.5. The Kier molecular flexibility index (Phi) is 3.80. The third kappa shape index (κ3) is 2.81. The molecule has 0 aliphatic carbocycles. The van der Waals surface area contributed by atoms with Gasteiger partial charge in [-0.15, -0.1) is 0 Å². The van der Waals surface area contributed by atoms with Gasteiger partial charge in [-0.1, -0.05) is 45.0 Å². The molecule has 0 spiro atoms. The van der Waals surface area contributed by atoms with Crippen LogP contribution in [0.5, 0.6) is 11.5 Å². The van der Waals surface area contributed by atoms with E-state index in [1.54, 1.807) is 0 Å². The molecule has 0 fully saturated rings. The van der Waals surface area contributed by atoms with Crippen LogP contribution in [-0.2, 0) is 13.5 Å². The molecule has 0 N–H and O–H groups in total. The zero-order valence-corrected chi connectivity index (χ0v) is 18.2. The fraction of sp³-hybridized carbons (Fsp3) is 0.296. The molecule has 1 aliphatic rings. The van der Waals surface area contributed by atoms with Crippen LogP contribution in [0.15, 0.2) is 48.7 Å². The van der Waals surface area contributed by atoms with Gasteiger partial charge >= 0.3 is 0 Å². The Morgan fingerprint density at radius 2 is 1.76 bits per heavy atom. The molecule has 2 heterocycles. The topological polar surface area (TPSA) is 13.1 Å². The average Bonchev–Trinajstić information content (AvgIpc) is 2.64. The number of ether oxygens (including phenoxy) is 1. The van der Waals surface area contributed by atoms with E-state index < -0.39 is 0 Å². The predicted octanol–water partition coefficient (Wildman–Crippen LogP) is 6.80. The van der Waals surface area contributed by atoms with Crippen molar-refractivity contribution in [2.45, 2.75) is 41.0 Å². The molecule has 2 nitrogen and oxygen atoms in total. The molecule has 4 aromatic rings. The van der Waals surface area contributed by atoms with Crippen molar-refractivity contribution < 1.29 is 9.30 Å². The SMILES string of the molecule is Cc1cc2cccc3c2c(c1C)-c1c(c2cc(CC(C)(C)C)ccc2c[n+]1C)O3. The Balaban J connectivity index is 1.88. The highest BCUT2D eigenvalue weighted by molar-refractivity contribution is 6.07. The maximum atomic E-state index is 6.60. The summed E-state index contributed by atoms with van der Waals surface area (Å²) >= 11 is 0. The van der Waals surface area contributed by atoms with Gasteiger partial charge in [0, 0.05) is 16.2 Å². The second-order valence-corrected chi connectivity index (χ2v) is 9.73. The minimum Gasteiger partial charge on any atom is -0.449 e. The van der Waals surface area contributed by atoms with Crippen LogP contribution in [0.2, 0.25) is 0 Å². The Morgan fingerprint density at radius 1 is 0.966 bits per heavy atom. The molecule has 1 aliphatic heterocycles. The summed E-state index contributed by atoms with van der Waals surface area (Å²) in [5, 5.41) is 4.88. The highest BCUT2D eigenvalue weighted by Crippen LogP contribution is 2.49.